The van der Waals surface area contributed by atoms with Gasteiger partial charge in [0.1, 0.15) is 0 Å². The zero-order chi connectivity index (χ0) is 24.6. The van der Waals surface area contributed by atoms with Gasteiger partial charge in [0.15, 0.2) is 11.6 Å². The molecule has 0 saturated carbocycles. The number of benzene rings is 1. The second-order valence-electron chi connectivity index (χ2n) is 7.49. The number of methoxy groups -OCH3 is 1. The molecular formula is C24H24BrN7O3. The molecule has 3 heterocycles. The predicted molar refractivity (Wildman–Crippen MR) is 134 cm³/mol. The first-order valence-corrected chi connectivity index (χ1v) is 11.6. The van der Waals surface area contributed by atoms with E-state index in [1.54, 1.807) is 36.8 Å². The minimum atomic E-state index is -0.223. The minimum absolute atomic E-state index is 0.0446. The lowest BCUT2D eigenvalue weighted by atomic mass is 10.1. The molecule has 3 N–H and O–H groups in total. The SMILES string of the molecule is COc1ncc(Br)cc1CNC(=O)c1cccc(NCc2nnc(-c3ccncc3)n2CCO)c1. The van der Waals surface area contributed by atoms with Gasteiger partial charge < -0.3 is 25.0 Å². The lowest BCUT2D eigenvalue weighted by Gasteiger charge is -2.12. The fraction of sp³-hybridized carbons (Fsp3) is 0.208. The van der Waals surface area contributed by atoms with Crippen molar-refractivity contribution in [3.05, 3.63) is 82.5 Å². The van der Waals surface area contributed by atoms with Gasteiger partial charge in [0.05, 0.1) is 20.3 Å². The highest BCUT2D eigenvalue weighted by molar-refractivity contribution is 9.10. The Kier molecular flexibility index (Phi) is 8.01. The van der Waals surface area contributed by atoms with Gasteiger partial charge in [-0.15, -0.1) is 10.2 Å². The number of hydrogen-bond donors (Lipinski definition) is 3. The average Bonchev–Trinajstić information content (AvgIpc) is 3.29. The molecular weight excluding hydrogens is 514 g/mol. The van der Waals surface area contributed by atoms with Crippen LogP contribution in [0.5, 0.6) is 5.88 Å². The summed E-state index contributed by atoms with van der Waals surface area (Å²) in [5.74, 6) is 1.56. The maximum atomic E-state index is 12.8. The molecule has 1 amide bonds. The molecule has 35 heavy (non-hydrogen) atoms. The summed E-state index contributed by atoms with van der Waals surface area (Å²) in [4.78, 5) is 21.0. The molecule has 0 spiro atoms. The first-order valence-electron chi connectivity index (χ1n) is 10.8. The number of amides is 1. The van der Waals surface area contributed by atoms with Crippen molar-refractivity contribution >= 4 is 27.5 Å². The van der Waals surface area contributed by atoms with Gasteiger partial charge in [-0.3, -0.25) is 9.78 Å². The average molecular weight is 538 g/mol. The van der Waals surface area contributed by atoms with Crippen molar-refractivity contribution in [3.8, 4) is 17.3 Å². The number of ether oxygens (including phenoxy) is 1. The zero-order valence-electron chi connectivity index (χ0n) is 19.0. The lowest BCUT2D eigenvalue weighted by Crippen LogP contribution is -2.23. The molecule has 10 nitrogen and oxygen atoms in total. The predicted octanol–water partition coefficient (Wildman–Crippen LogP) is 3.04. The van der Waals surface area contributed by atoms with Crippen LogP contribution in [0.25, 0.3) is 11.4 Å². The van der Waals surface area contributed by atoms with E-state index >= 15 is 0 Å². The van der Waals surface area contributed by atoms with Gasteiger partial charge in [-0.1, -0.05) is 6.07 Å². The molecule has 4 aromatic rings. The smallest absolute Gasteiger partial charge is 0.251 e. The van der Waals surface area contributed by atoms with Crippen molar-refractivity contribution < 1.29 is 14.6 Å². The molecule has 0 unspecified atom stereocenters. The van der Waals surface area contributed by atoms with Crippen LogP contribution >= 0.6 is 15.9 Å². The number of hydrogen-bond acceptors (Lipinski definition) is 8. The quantitative estimate of drug-likeness (QED) is 0.281. The fourth-order valence-electron chi connectivity index (χ4n) is 3.52. The molecule has 0 aliphatic heterocycles. The van der Waals surface area contributed by atoms with Crippen LogP contribution in [0.2, 0.25) is 0 Å². The lowest BCUT2D eigenvalue weighted by molar-refractivity contribution is 0.0950. The van der Waals surface area contributed by atoms with Gasteiger partial charge in [-0.25, -0.2) is 4.98 Å². The number of carbonyl (C=O) groups excluding carboxylic acids is 1. The number of anilines is 1. The van der Waals surface area contributed by atoms with Gasteiger partial charge in [0.2, 0.25) is 5.88 Å². The number of aliphatic hydroxyl groups is 1. The number of aromatic nitrogens is 5. The number of aliphatic hydroxyl groups excluding tert-OH is 1. The van der Waals surface area contributed by atoms with Crippen molar-refractivity contribution in [2.45, 2.75) is 19.6 Å². The second kappa shape index (κ2) is 11.5. The molecule has 1 aromatic carbocycles. The topological polar surface area (TPSA) is 127 Å². The van der Waals surface area contributed by atoms with Crippen LogP contribution in [0.1, 0.15) is 21.7 Å². The Bertz CT molecular complexity index is 1300. The first kappa shape index (κ1) is 24.3. The van der Waals surface area contributed by atoms with Crippen LogP contribution < -0.4 is 15.4 Å². The van der Waals surface area contributed by atoms with E-state index in [4.69, 9.17) is 4.74 Å². The van der Waals surface area contributed by atoms with Gasteiger partial charge in [0, 0.05) is 58.5 Å². The Morgan fingerprint density at radius 3 is 2.74 bits per heavy atom. The van der Waals surface area contributed by atoms with Crippen molar-refractivity contribution in [1.82, 2.24) is 30.0 Å². The van der Waals surface area contributed by atoms with Crippen molar-refractivity contribution in [2.24, 2.45) is 0 Å². The van der Waals surface area contributed by atoms with Gasteiger partial charge in [-0.2, -0.15) is 0 Å². The monoisotopic (exact) mass is 537 g/mol. The van der Waals surface area contributed by atoms with Crippen molar-refractivity contribution in [3.63, 3.8) is 0 Å². The molecule has 0 saturated heterocycles. The number of nitrogens with zero attached hydrogens (tertiary/aromatic N) is 5. The van der Waals surface area contributed by atoms with Gasteiger partial charge >= 0.3 is 0 Å². The summed E-state index contributed by atoms with van der Waals surface area (Å²) in [5, 5.41) is 24.3. The molecule has 0 radical (unpaired) electrons. The molecule has 0 fully saturated rings. The van der Waals surface area contributed by atoms with E-state index < -0.39 is 0 Å². The van der Waals surface area contributed by atoms with E-state index in [1.807, 2.05) is 28.8 Å². The molecule has 0 aliphatic rings. The second-order valence-corrected chi connectivity index (χ2v) is 8.41. The zero-order valence-corrected chi connectivity index (χ0v) is 20.6. The van der Waals surface area contributed by atoms with Gasteiger partial charge in [0.25, 0.3) is 5.91 Å². The first-order chi connectivity index (χ1) is 17.1. The molecule has 3 aromatic heterocycles. The Hall–Kier alpha value is -3.83. The minimum Gasteiger partial charge on any atom is -0.481 e. The van der Waals surface area contributed by atoms with Crippen molar-refractivity contribution in [2.75, 3.05) is 19.0 Å². The number of pyridine rings is 2. The van der Waals surface area contributed by atoms with E-state index in [9.17, 15) is 9.90 Å². The molecule has 11 heteroatoms. The summed E-state index contributed by atoms with van der Waals surface area (Å²) in [5.41, 5.74) is 2.88. The fourth-order valence-corrected chi connectivity index (χ4v) is 3.90. The third-order valence-electron chi connectivity index (χ3n) is 5.19. The molecule has 4 rings (SSSR count). The molecule has 0 atom stereocenters. The maximum absolute atomic E-state index is 12.8. The highest BCUT2D eigenvalue weighted by Crippen LogP contribution is 2.21. The normalized spacial score (nSPS) is 10.7. The summed E-state index contributed by atoms with van der Waals surface area (Å²) in [7, 11) is 1.54. The Balaban J connectivity index is 1.43. The summed E-state index contributed by atoms with van der Waals surface area (Å²) in [6, 6.07) is 12.7. The van der Waals surface area contributed by atoms with Crippen molar-refractivity contribution in [1.29, 1.82) is 0 Å². The largest absolute Gasteiger partial charge is 0.481 e. The summed E-state index contributed by atoms with van der Waals surface area (Å²) < 4.78 is 7.92. The third kappa shape index (κ3) is 6.00. The maximum Gasteiger partial charge on any atom is 0.251 e. The molecule has 0 bridgehead atoms. The number of halogens is 1. The highest BCUT2D eigenvalue weighted by Gasteiger charge is 2.14. The van der Waals surface area contributed by atoms with E-state index in [-0.39, 0.29) is 19.1 Å². The van der Waals surface area contributed by atoms with Crippen LogP contribution in [0.4, 0.5) is 5.69 Å². The van der Waals surface area contributed by atoms with Crippen LogP contribution in [0, 0.1) is 0 Å². The van der Waals surface area contributed by atoms with Gasteiger partial charge in [-0.05, 0) is 52.3 Å². The Labute approximate surface area is 210 Å². The van der Waals surface area contributed by atoms with E-state index in [0.717, 1.165) is 21.3 Å². The number of nitrogens with one attached hydrogen (secondary N) is 2. The van der Waals surface area contributed by atoms with Crippen LogP contribution in [-0.2, 0) is 19.6 Å². The highest BCUT2D eigenvalue weighted by atomic mass is 79.9. The standard InChI is InChI=1S/C24H24BrN7O3/c1-35-24-18(11-19(25)14-29-24)13-28-23(34)17-3-2-4-20(12-17)27-15-21-30-31-22(32(21)9-10-33)16-5-7-26-8-6-16/h2-8,11-12,14,27,33H,9-10,13,15H2,1H3,(H,28,34). The molecule has 0 aliphatic carbocycles. The summed E-state index contributed by atoms with van der Waals surface area (Å²) in [6.07, 6.45) is 5.01. The Morgan fingerprint density at radius 1 is 1.14 bits per heavy atom. The van der Waals surface area contributed by atoms with E-state index in [2.05, 4.69) is 46.7 Å². The number of rotatable bonds is 10. The van der Waals surface area contributed by atoms with Crippen LogP contribution in [-0.4, -0.2) is 49.5 Å². The van der Waals surface area contributed by atoms with Crippen LogP contribution in [0.3, 0.4) is 0 Å². The summed E-state index contributed by atoms with van der Waals surface area (Å²) in [6.45, 7) is 0.952. The Morgan fingerprint density at radius 2 is 1.97 bits per heavy atom. The number of carbonyl (C=O) groups is 1. The van der Waals surface area contributed by atoms with E-state index in [0.29, 0.717) is 36.2 Å². The third-order valence-corrected chi connectivity index (χ3v) is 5.62. The van der Waals surface area contributed by atoms with Crippen LogP contribution in [0.15, 0.2) is 65.5 Å². The molecule has 180 valence electrons. The summed E-state index contributed by atoms with van der Waals surface area (Å²) >= 11 is 3.39. The van der Waals surface area contributed by atoms with E-state index in [1.165, 1.54) is 7.11 Å².